The molecular weight excluding hydrogens is 488 g/mol. The molecule has 0 atom stereocenters. The molecule has 4 aromatic carbocycles. The summed E-state index contributed by atoms with van der Waals surface area (Å²) in [7, 11) is 0. The average molecular weight is 513 g/mol. The third-order valence-electron chi connectivity index (χ3n) is 5.19. The lowest BCUT2D eigenvalue weighted by atomic mass is 10.1. The van der Waals surface area contributed by atoms with Gasteiger partial charge in [-0.1, -0.05) is 54.6 Å². The quantitative estimate of drug-likeness (QED) is 0.114. The van der Waals surface area contributed by atoms with Gasteiger partial charge in [-0.25, -0.2) is 0 Å². The molecule has 0 unspecified atom stereocenters. The van der Waals surface area contributed by atoms with E-state index in [1.54, 1.807) is 24.3 Å². The zero-order valence-corrected chi connectivity index (χ0v) is 19.9. The lowest BCUT2D eigenvalue weighted by Gasteiger charge is -2.04. The first-order valence-electron chi connectivity index (χ1n) is 11.2. The van der Waals surface area contributed by atoms with Crippen molar-refractivity contribution < 1.29 is 40.2 Å². The molecule has 192 valence electrons. The first kappa shape index (κ1) is 27.1. The molecular formula is C30H24O8. The Labute approximate surface area is 218 Å². The van der Waals surface area contributed by atoms with Crippen LogP contribution in [0, 0.1) is 0 Å². The summed E-state index contributed by atoms with van der Waals surface area (Å²) < 4.78 is 0. The molecule has 0 aliphatic rings. The number of hydrogen-bond acceptors (Lipinski definition) is 8. The fraction of sp³-hybridized carbons (Fsp3) is 0. The lowest BCUT2D eigenvalue weighted by Crippen LogP contribution is -1.94. The number of aromatic hydroxyl groups is 6. The molecule has 0 spiro atoms. The molecule has 0 radical (unpaired) electrons. The van der Waals surface area contributed by atoms with E-state index in [1.807, 2.05) is 30.3 Å². The molecule has 8 nitrogen and oxygen atoms in total. The van der Waals surface area contributed by atoms with Crippen LogP contribution in [0.25, 0.3) is 12.2 Å². The third kappa shape index (κ3) is 7.25. The predicted octanol–water partition coefficient (Wildman–Crippen LogP) is 5.40. The number of ketones is 2. The molecule has 0 heterocycles. The number of carbonyl (C=O) groups excluding carboxylic acids is 2. The highest BCUT2D eigenvalue weighted by Crippen LogP contribution is 2.37. The van der Waals surface area contributed by atoms with E-state index in [1.165, 1.54) is 42.5 Å². The zero-order chi connectivity index (χ0) is 27.7. The van der Waals surface area contributed by atoms with E-state index in [-0.39, 0.29) is 34.2 Å². The predicted molar refractivity (Wildman–Crippen MR) is 142 cm³/mol. The minimum Gasteiger partial charge on any atom is -0.508 e. The Hall–Kier alpha value is -5.50. The van der Waals surface area contributed by atoms with Gasteiger partial charge in [-0.05, 0) is 59.7 Å². The zero-order valence-electron chi connectivity index (χ0n) is 19.9. The Kier molecular flexibility index (Phi) is 8.88. The van der Waals surface area contributed by atoms with Gasteiger partial charge in [0.25, 0.3) is 0 Å². The van der Waals surface area contributed by atoms with Gasteiger partial charge in [-0.15, -0.1) is 0 Å². The van der Waals surface area contributed by atoms with Crippen molar-refractivity contribution in [3.63, 3.8) is 0 Å². The minimum absolute atomic E-state index is 0.0671. The van der Waals surface area contributed by atoms with Crippen molar-refractivity contribution in [3.05, 3.63) is 119 Å². The van der Waals surface area contributed by atoms with Crippen molar-refractivity contribution in [1.29, 1.82) is 0 Å². The van der Waals surface area contributed by atoms with Gasteiger partial charge in [0.2, 0.25) is 5.75 Å². The summed E-state index contributed by atoms with van der Waals surface area (Å²) in [6.45, 7) is 0. The van der Waals surface area contributed by atoms with E-state index in [2.05, 4.69) is 0 Å². The normalized spacial score (nSPS) is 10.7. The summed E-state index contributed by atoms with van der Waals surface area (Å²) in [4.78, 5) is 23.7. The summed E-state index contributed by atoms with van der Waals surface area (Å²) in [5, 5.41) is 55.9. The van der Waals surface area contributed by atoms with Crippen LogP contribution in [-0.2, 0) is 0 Å². The Morgan fingerprint density at radius 1 is 0.500 bits per heavy atom. The number of phenolic OH excluding ortho intramolecular Hbond substituents is 6. The monoisotopic (exact) mass is 512 g/mol. The van der Waals surface area contributed by atoms with E-state index < -0.39 is 23.0 Å². The second kappa shape index (κ2) is 12.5. The van der Waals surface area contributed by atoms with Crippen LogP contribution in [0.5, 0.6) is 34.5 Å². The molecule has 0 bridgehead atoms. The lowest BCUT2D eigenvalue weighted by molar-refractivity contribution is 0.103. The van der Waals surface area contributed by atoms with E-state index in [9.17, 15) is 30.0 Å². The van der Waals surface area contributed by atoms with Crippen molar-refractivity contribution in [1.82, 2.24) is 0 Å². The van der Waals surface area contributed by atoms with Gasteiger partial charge in [0.15, 0.2) is 23.1 Å². The van der Waals surface area contributed by atoms with Gasteiger partial charge in [-0.3, -0.25) is 9.59 Å². The smallest absolute Gasteiger partial charge is 0.201 e. The van der Waals surface area contributed by atoms with Crippen molar-refractivity contribution in [3.8, 4) is 34.5 Å². The number of hydrogen-bond donors (Lipinski definition) is 6. The van der Waals surface area contributed by atoms with Crippen LogP contribution in [0.4, 0.5) is 0 Å². The maximum Gasteiger partial charge on any atom is 0.201 e. The van der Waals surface area contributed by atoms with Crippen LogP contribution in [0.1, 0.15) is 31.8 Å². The number of allylic oxidation sites excluding steroid dienone is 2. The number of phenols is 6. The molecule has 6 N–H and O–H groups in total. The molecule has 38 heavy (non-hydrogen) atoms. The molecule has 8 heteroatoms. The summed E-state index contributed by atoms with van der Waals surface area (Å²) in [5.74, 6) is -2.83. The third-order valence-corrected chi connectivity index (χ3v) is 5.19. The molecule has 0 fully saturated rings. The molecule has 4 aromatic rings. The summed E-state index contributed by atoms with van der Waals surface area (Å²) in [6.07, 6.45) is 5.79. The van der Waals surface area contributed by atoms with Crippen LogP contribution < -0.4 is 0 Å². The standard InChI is InChI=1S/2C15H12O4/c16-11-4-1-10(2-5-11)3-8-14(18)13-7-6-12(17)9-15(13)19;16-12(8-6-10-4-2-1-3-5-10)11-7-9-13(17)15(19)14(11)18/h1-9,16-17,19H;1-9,17-19H. The molecule has 0 aliphatic carbocycles. The van der Waals surface area contributed by atoms with Gasteiger partial charge in [0, 0.05) is 6.07 Å². The van der Waals surface area contributed by atoms with Crippen LogP contribution in [0.2, 0.25) is 0 Å². The van der Waals surface area contributed by atoms with Gasteiger partial charge in [-0.2, -0.15) is 0 Å². The molecule has 0 saturated carbocycles. The SMILES string of the molecule is O=C(C=Cc1ccc(O)cc1)c1ccc(O)cc1O.O=C(C=Cc1ccccc1)c1ccc(O)c(O)c1O. The van der Waals surface area contributed by atoms with Crippen molar-refractivity contribution >= 4 is 23.7 Å². The summed E-state index contributed by atoms with van der Waals surface area (Å²) in [5.41, 5.74) is 1.65. The maximum absolute atomic E-state index is 11.9. The minimum atomic E-state index is -0.695. The Morgan fingerprint density at radius 3 is 1.63 bits per heavy atom. The Morgan fingerprint density at radius 2 is 1.03 bits per heavy atom. The first-order chi connectivity index (χ1) is 18.2. The summed E-state index contributed by atoms with van der Waals surface area (Å²) >= 11 is 0. The van der Waals surface area contributed by atoms with Gasteiger partial charge < -0.3 is 30.6 Å². The van der Waals surface area contributed by atoms with Gasteiger partial charge >= 0.3 is 0 Å². The Balaban J connectivity index is 0.000000211. The molecule has 0 aromatic heterocycles. The van der Waals surface area contributed by atoms with E-state index in [0.29, 0.717) is 0 Å². The number of benzene rings is 4. The second-order valence-corrected chi connectivity index (χ2v) is 7.93. The average Bonchev–Trinajstić information content (AvgIpc) is 2.91. The maximum atomic E-state index is 11.9. The largest absolute Gasteiger partial charge is 0.508 e. The first-order valence-corrected chi connectivity index (χ1v) is 11.2. The Bertz CT molecular complexity index is 1490. The highest BCUT2D eigenvalue weighted by atomic mass is 16.3. The number of rotatable bonds is 6. The fourth-order valence-corrected chi connectivity index (χ4v) is 3.17. The van der Waals surface area contributed by atoms with Crippen molar-refractivity contribution in [2.45, 2.75) is 0 Å². The molecule has 0 saturated heterocycles. The van der Waals surface area contributed by atoms with Crippen LogP contribution >= 0.6 is 0 Å². The fourth-order valence-electron chi connectivity index (χ4n) is 3.17. The van der Waals surface area contributed by atoms with Crippen LogP contribution in [0.3, 0.4) is 0 Å². The van der Waals surface area contributed by atoms with Crippen LogP contribution in [-0.4, -0.2) is 42.2 Å². The van der Waals surface area contributed by atoms with Crippen molar-refractivity contribution in [2.75, 3.05) is 0 Å². The van der Waals surface area contributed by atoms with E-state index in [0.717, 1.165) is 23.3 Å². The number of carbonyl (C=O) groups is 2. The topological polar surface area (TPSA) is 156 Å². The van der Waals surface area contributed by atoms with Gasteiger partial charge in [0.05, 0.1) is 11.1 Å². The van der Waals surface area contributed by atoms with Crippen molar-refractivity contribution in [2.24, 2.45) is 0 Å². The molecule has 0 aliphatic heterocycles. The second-order valence-electron chi connectivity index (χ2n) is 7.93. The van der Waals surface area contributed by atoms with Crippen LogP contribution in [0.15, 0.2) is 97.1 Å². The van der Waals surface area contributed by atoms with E-state index >= 15 is 0 Å². The van der Waals surface area contributed by atoms with Gasteiger partial charge in [0.1, 0.15) is 17.2 Å². The highest BCUT2D eigenvalue weighted by molar-refractivity contribution is 6.09. The van der Waals surface area contributed by atoms with E-state index in [4.69, 9.17) is 10.2 Å². The highest BCUT2D eigenvalue weighted by Gasteiger charge is 2.15. The molecule has 0 amide bonds. The molecule has 4 rings (SSSR count). The summed E-state index contributed by atoms with van der Waals surface area (Å²) in [6, 6.07) is 21.8.